The highest BCUT2D eigenvalue weighted by Crippen LogP contribution is 2.02. The minimum atomic E-state index is 0.322. The molecule has 0 heterocycles. The molecule has 9 heavy (non-hydrogen) atoms. The normalized spacial score (nSPS) is 13.3. The van der Waals surface area contributed by atoms with Crippen LogP contribution < -0.4 is 5.32 Å². The molecule has 1 amide bonds. The van der Waals surface area contributed by atoms with Gasteiger partial charge < -0.3 is 5.32 Å². The molecule has 2 heteroatoms. The third kappa shape index (κ3) is 5.34. The molecule has 54 valence electrons. The van der Waals surface area contributed by atoms with Gasteiger partial charge in [0.05, 0.1) is 0 Å². The Morgan fingerprint density at radius 3 is 2.33 bits per heavy atom. The van der Waals surface area contributed by atoms with Gasteiger partial charge in [-0.1, -0.05) is 13.8 Å². The molecule has 0 aromatic rings. The summed E-state index contributed by atoms with van der Waals surface area (Å²) in [5.41, 5.74) is 0. The van der Waals surface area contributed by atoms with Crippen molar-refractivity contribution in [2.75, 3.05) is 0 Å². The zero-order valence-corrected chi connectivity index (χ0v) is 6.35. The maximum atomic E-state index is 9.89. The van der Waals surface area contributed by atoms with Crippen LogP contribution in [0.3, 0.4) is 0 Å². The van der Waals surface area contributed by atoms with Crippen molar-refractivity contribution in [3.8, 4) is 0 Å². The fourth-order valence-electron chi connectivity index (χ4n) is 0.891. The lowest BCUT2D eigenvalue weighted by atomic mass is 10.1. The minimum absolute atomic E-state index is 0.322. The second kappa shape index (κ2) is 4.36. The fraction of sp³-hybridized carbons (Fsp3) is 0.857. The van der Waals surface area contributed by atoms with Gasteiger partial charge in [0.15, 0.2) is 0 Å². The number of carbonyl (C=O) groups excluding carboxylic acids is 1. The zero-order chi connectivity index (χ0) is 7.28. The van der Waals surface area contributed by atoms with Crippen LogP contribution in [0.1, 0.15) is 27.2 Å². The Morgan fingerprint density at radius 2 is 2.00 bits per heavy atom. The number of hydrogen-bond donors (Lipinski definition) is 1. The Labute approximate surface area is 56.6 Å². The van der Waals surface area contributed by atoms with E-state index in [0.29, 0.717) is 12.0 Å². The molecule has 0 unspecified atom stereocenters. The third-order valence-electron chi connectivity index (χ3n) is 1.18. The Hall–Kier alpha value is -0.530. The summed E-state index contributed by atoms with van der Waals surface area (Å²) in [7, 11) is 0. The van der Waals surface area contributed by atoms with E-state index in [4.69, 9.17) is 0 Å². The molecule has 0 aromatic carbocycles. The predicted molar refractivity (Wildman–Crippen MR) is 38.1 cm³/mol. The van der Waals surface area contributed by atoms with Crippen molar-refractivity contribution in [3.63, 3.8) is 0 Å². The lowest BCUT2D eigenvalue weighted by Gasteiger charge is -2.11. The van der Waals surface area contributed by atoms with Crippen LogP contribution in [0.4, 0.5) is 0 Å². The van der Waals surface area contributed by atoms with Crippen molar-refractivity contribution in [3.05, 3.63) is 0 Å². The summed E-state index contributed by atoms with van der Waals surface area (Å²) >= 11 is 0. The lowest BCUT2D eigenvalue weighted by Crippen LogP contribution is -2.25. The monoisotopic (exact) mass is 129 g/mol. The van der Waals surface area contributed by atoms with E-state index >= 15 is 0 Å². The van der Waals surface area contributed by atoms with Crippen molar-refractivity contribution in [1.29, 1.82) is 0 Å². The van der Waals surface area contributed by atoms with Crippen molar-refractivity contribution in [2.45, 2.75) is 33.2 Å². The molecule has 0 radical (unpaired) electrons. The van der Waals surface area contributed by atoms with E-state index in [1.54, 1.807) is 0 Å². The van der Waals surface area contributed by atoms with Crippen LogP contribution in [-0.2, 0) is 4.79 Å². The highest BCUT2D eigenvalue weighted by atomic mass is 16.1. The van der Waals surface area contributed by atoms with Gasteiger partial charge in [-0.05, 0) is 19.3 Å². The van der Waals surface area contributed by atoms with E-state index in [0.717, 1.165) is 12.8 Å². The molecular formula is C7H15NO. The average Bonchev–Trinajstić information content (AvgIpc) is 1.63. The summed E-state index contributed by atoms with van der Waals surface area (Å²) in [5, 5.41) is 2.70. The topological polar surface area (TPSA) is 29.1 Å². The summed E-state index contributed by atoms with van der Waals surface area (Å²) in [6.07, 6.45) is 1.81. The first-order valence-electron chi connectivity index (χ1n) is 3.36. The molecule has 0 aliphatic heterocycles. The van der Waals surface area contributed by atoms with Crippen molar-refractivity contribution >= 4 is 6.41 Å². The van der Waals surface area contributed by atoms with Gasteiger partial charge in [0.1, 0.15) is 0 Å². The van der Waals surface area contributed by atoms with Gasteiger partial charge in [0, 0.05) is 6.04 Å². The Balaban J connectivity index is 3.25. The van der Waals surface area contributed by atoms with Gasteiger partial charge in [-0.3, -0.25) is 4.79 Å². The Morgan fingerprint density at radius 1 is 1.44 bits per heavy atom. The van der Waals surface area contributed by atoms with Crippen LogP contribution in [-0.4, -0.2) is 12.5 Å². The zero-order valence-electron chi connectivity index (χ0n) is 6.35. The molecule has 0 saturated carbocycles. The molecule has 0 aliphatic carbocycles. The first-order valence-corrected chi connectivity index (χ1v) is 3.36. The summed E-state index contributed by atoms with van der Waals surface area (Å²) in [5.74, 6) is 0.660. The number of carbonyl (C=O) groups is 1. The molecule has 2 nitrogen and oxygen atoms in total. The highest BCUT2D eigenvalue weighted by Gasteiger charge is 2.01. The number of hydrogen-bond acceptors (Lipinski definition) is 1. The van der Waals surface area contributed by atoms with Gasteiger partial charge >= 0.3 is 0 Å². The van der Waals surface area contributed by atoms with Crippen LogP contribution in [0.2, 0.25) is 0 Å². The molecule has 1 atom stereocenters. The Kier molecular flexibility index (Phi) is 4.10. The Bertz CT molecular complexity index is 81.0. The van der Waals surface area contributed by atoms with Crippen molar-refractivity contribution < 1.29 is 4.79 Å². The second-order valence-corrected chi connectivity index (χ2v) is 2.82. The molecule has 0 fully saturated rings. The van der Waals surface area contributed by atoms with Crippen LogP contribution in [0, 0.1) is 5.92 Å². The van der Waals surface area contributed by atoms with Crippen LogP contribution in [0.25, 0.3) is 0 Å². The molecule has 0 aliphatic rings. The molecule has 0 rings (SSSR count). The molecule has 0 aromatic heterocycles. The van der Waals surface area contributed by atoms with Gasteiger partial charge in [-0.25, -0.2) is 0 Å². The number of rotatable bonds is 4. The lowest BCUT2D eigenvalue weighted by molar-refractivity contribution is -0.110. The highest BCUT2D eigenvalue weighted by molar-refractivity contribution is 5.46. The molecule has 0 bridgehead atoms. The maximum Gasteiger partial charge on any atom is 0.207 e. The summed E-state index contributed by atoms with van der Waals surface area (Å²) in [6.45, 7) is 6.29. The van der Waals surface area contributed by atoms with Crippen molar-refractivity contribution in [1.82, 2.24) is 5.32 Å². The minimum Gasteiger partial charge on any atom is -0.356 e. The molecule has 0 saturated heterocycles. The van der Waals surface area contributed by atoms with Gasteiger partial charge in [-0.2, -0.15) is 0 Å². The van der Waals surface area contributed by atoms with E-state index in [-0.39, 0.29) is 0 Å². The SMILES string of the molecule is CC(C)C[C@@H](C)NC=O. The van der Waals surface area contributed by atoms with Gasteiger partial charge in [0.2, 0.25) is 6.41 Å². The number of nitrogens with one attached hydrogen (secondary N) is 1. The van der Waals surface area contributed by atoms with Crippen LogP contribution in [0.15, 0.2) is 0 Å². The standard InChI is InChI=1S/C7H15NO/c1-6(2)4-7(3)8-5-9/h5-7H,4H2,1-3H3,(H,8,9)/t7-/m1/s1. The van der Waals surface area contributed by atoms with Crippen molar-refractivity contribution in [2.24, 2.45) is 5.92 Å². The molecular weight excluding hydrogens is 114 g/mol. The van der Waals surface area contributed by atoms with Gasteiger partial charge in [0.25, 0.3) is 0 Å². The number of amides is 1. The van der Waals surface area contributed by atoms with Crippen LogP contribution >= 0.6 is 0 Å². The van der Waals surface area contributed by atoms with Gasteiger partial charge in [-0.15, -0.1) is 0 Å². The quantitative estimate of drug-likeness (QED) is 0.567. The second-order valence-electron chi connectivity index (χ2n) is 2.82. The van der Waals surface area contributed by atoms with Crippen LogP contribution in [0.5, 0.6) is 0 Å². The molecule has 0 spiro atoms. The first kappa shape index (κ1) is 8.47. The fourth-order valence-corrected chi connectivity index (χ4v) is 0.891. The average molecular weight is 129 g/mol. The summed E-state index contributed by atoms with van der Waals surface area (Å²) < 4.78 is 0. The van der Waals surface area contributed by atoms with E-state index in [9.17, 15) is 4.79 Å². The summed E-state index contributed by atoms with van der Waals surface area (Å²) in [6, 6.07) is 0.322. The smallest absolute Gasteiger partial charge is 0.207 e. The maximum absolute atomic E-state index is 9.89. The summed E-state index contributed by atoms with van der Waals surface area (Å²) in [4.78, 5) is 9.89. The first-order chi connectivity index (χ1) is 4.16. The predicted octanol–water partition coefficient (Wildman–Crippen LogP) is 1.17. The van der Waals surface area contributed by atoms with E-state index in [2.05, 4.69) is 19.2 Å². The third-order valence-corrected chi connectivity index (χ3v) is 1.18. The molecule has 1 N–H and O–H groups in total. The van der Waals surface area contributed by atoms with E-state index < -0.39 is 0 Å². The van der Waals surface area contributed by atoms with E-state index in [1.165, 1.54) is 0 Å². The van der Waals surface area contributed by atoms with E-state index in [1.807, 2.05) is 6.92 Å². The largest absolute Gasteiger partial charge is 0.356 e.